The highest BCUT2D eigenvalue weighted by Crippen LogP contribution is 2.26. The molecule has 6 heteroatoms. The van der Waals surface area contributed by atoms with Crippen LogP contribution < -0.4 is 14.8 Å². The molecule has 1 heterocycles. The average Bonchev–Trinajstić information content (AvgIpc) is 3.16. The Labute approximate surface area is 190 Å². The summed E-state index contributed by atoms with van der Waals surface area (Å²) in [6.07, 6.45) is 4.93. The zero-order valence-electron chi connectivity index (χ0n) is 19.5. The lowest BCUT2D eigenvalue weighted by Crippen LogP contribution is -2.28. The fourth-order valence-electron chi connectivity index (χ4n) is 3.71. The van der Waals surface area contributed by atoms with Gasteiger partial charge >= 0.3 is 0 Å². The minimum absolute atomic E-state index is 0.0434. The molecule has 32 heavy (non-hydrogen) atoms. The first-order chi connectivity index (χ1) is 15.6. The molecular weight excluding hydrogens is 402 g/mol. The Balaban J connectivity index is 1.52. The van der Waals surface area contributed by atoms with E-state index in [0.717, 1.165) is 68.0 Å². The van der Waals surface area contributed by atoms with Crippen LogP contribution >= 0.6 is 0 Å². The summed E-state index contributed by atoms with van der Waals surface area (Å²) in [5.41, 5.74) is 2.21. The smallest absolute Gasteiger partial charge is 0.222 e. The summed E-state index contributed by atoms with van der Waals surface area (Å²) < 4.78 is 13.6. The molecule has 172 valence electrons. The first kappa shape index (κ1) is 23.6. The molecule has 0 bridgehead atoms. The third kappa shape index (κ3) is 6.49. The number of ether oxygens (including phenoxy) is 2. The van der Waals surface area contributed by atoms with Gasteiger partial charge in [-0.15, -0.1) is 0 Å². The van der Waals surface area contributed by atoms with Gasteiger partial charge in [-0.2, -0.15) is 0 Å². The summed E-state index contributed by atoms with van der Waals surface area (Å²) in [4.78, 5) is 16.5. The van der Waals surface area contributed by atoms with Gasteiger partial charge in [-0.3, -0.25) is 4.79 Å². The van der Waals surface area contributed by atoms with E-state index >= 15 is 0 Å². The number of nitrogens with one attached hydrogen (secondary N) is 1. The fourth-order valence-corrected chi connectivity index (χ4v) is 3.71. The number of carbonyl (C=O) groups is 1. The highest BCUT2D eigenvalue weighted by atomic mass is 16.5. The molecule has 0 radical (unpaired) electrons. The molecule has 0 spiro atoms. The van der Waals surface area contributed by atoms with Gasteiger partial charge in [0, 0.05) is 25.4 Å². The quantitative estimate of drug-likeness (QED) is 0.382. The standard InChI is InChI=1S/C26H35N3O3/c1-20(2)26(30)27-17-10-4-5-16-25-28-21-12-6-7-13-22(21)29(25)18-11-19-32-24-15-9-8-14-23(24)31-3/h6-9,12-15,20H,4-5,10-11,16-19H2,1-3H3,(H,27,30). The molecule has 0 atom stereocenters. The van der Waals surface area contributed by atoms with E-state index in [-0.39, 0.29) is 11.8 Å². The van der Waals surface area contributed by atoms with Crippen LogP contribution in [-0.4, -0.2) is 35.7 Å². The predicted octanol–water partition coefficient (Wildman–Crippen LogP) is 5.00. The number of aryl methyl sites for hydroxylation is 2. The molecule has 1 aromatic heterocycles. The number of amides is 1. The highest BCUT2D eigenvalue weighted by Gasteiger charge is 2.11. The van der Waals surface area contributed by atoms with E-state index in [9.17, 15) is 4.79 Å². The van der Waals surface area contributed by atoms with E-state index in [1.54, 1.807) is 7.11 Å². The molecule has 0 saturated carbocycles. The molecule has 1 amide bonds. The lowest BCUT2D eigenvalue weighted by Gasteiger charge is -2.12. The lowest BCUT2D eigenvalue weighted by atomic mass is 10.1. The Hall–Kier alpha value is -3.02. The van der Waals surface area contributed by atoms with E-state index in [1.807, 2.05) is 44.2 Å². The number of nitrogens with zero attached hydrogens (tertiary/aromatic N) is 2. The van der Waals surface area contributed by atoms with Crippen LogP contribution in [0.25, 0.3) is 11.0 Å². The van der Waals surface area contributed by atoms with Gasteiger partial charge in [0.1, 0.15) is 5.82 Å². The van der Waals surface area contributed by atoms with Crippen molar-refractivity contribution in [3.8, 4) is 11.5 Å². The Morgan fingerprint density at radius 2 is 1.75 bits per heavy atom. The predicted molar refractivity (Wildman–Crippen MR) is 128 cm³/mol. The van der Waals surface area contributed by atoms with Crippen LogP contribution in [0.1, 0.15) is 45.4 Å². The Kier molecular flexibility index (Phi) is 8.96. The number of aromatic nitrogens is 2. The zero-order chi connectivity index (χ0) is 22.8. The van der Waals surface area contributed by atoms with E-state index in [2.05, 4.69) is 28.1 Å². The van der Waals surface area contributed by atoms with Crippen molar-refractivity contribution in [2.24, 2.45) is 5.92 Å². The number of imidazole rings is 1. The average molecular weight is 438 g/mol. The van der Waals surface area contributed by atoms with Crippen molar-refractivity contribution in [3.63, 3.8) is 0 Å². The summed E-state index contributed by atoms with van der Waals surface area (Å²) >= 11 is 0. The van der Waals surface area contributed by atoms with Gasteiger partial charge in [0.15, 0.2) is 11.5 Å². The molecule has 3 rings (SSSR count). The van der Waals surface area contributed by atoms with Gasteiger partial charge < -0.3 is 19.4 Å². The first-order valence-corrected chi connectivity index (χ1v) is 11.6. The summed E-state index contributed by atoms with van der Waals surface area (Å²) in [7, 11) is 1.66. The van der Waals surface area contributed by atoms with Crippen molar-refractivity contribution in [2.45, 2.75) is 52.5 Å². The van der Waals surface area contributed by atoms with Gasteiger partial charge in [-0.1, -0.05) is 44.5 Å². The maximum Gasteiger partial charge on any atom is 0.222 e. The van der Waals surface area contributed by atoms with Gasteiger partial charge in [0.2, 0.25) is 5.91 Å². The molecule has 0 aliphatic rings. The van der Waals surface area contributed by atoms with E-state index < -0.39 is 0 Å². The number of rotatable bonds is 13. The summed E-state index contributed by atoms with van der Waals surface area (Å²) in [5.74, 6) is 2.82. The molecule has 0 fully saturated rings. The number of hydrogen-bond acceptors (Lipinski definition) is 4. The van der Waals surface area contributed by atoms with Gasteiger partial charge in [0.05, 0.1) is 24.8 Å². The van der Waals surface area contributed by atoms with E-state index in [1.165, 1.54) is 5.52 Å². The number of benzene rings is 2. The summed E-state index contributed by atoms with van der Waals surface area (Å²) in [6.45, 7) is 6.05. The molecule has 3 aromatic rings. The Morgan fingerprint density at radius 1 is 1.00 bits per heavy atom. The van der Waals surface area contributed by atoms with Crippen molar-refractivity contribution in [2.75, 3.05) is 20.3 Å². The van der Waals surface area contributed by atoms with E-state index in [4.69, 9.17) is 14.5 Å². The maximum absolute atomic E-state index is 11.7. The fraction of sp³-hybridized carbons (Fsp3) is 0.462. The van der Waals surface area contributed by atoms with Gasteiger partial charge in [0.25, 0.3) is 0 Å². The number of unbranched alkanes of at least 4 members (excludes halogenated alkanes) is 2. The first-order valence-electron chi connectivity index (χ1n) is 11.6. The Bertz CT molecular complexity index is 997. The minimum Gasteiger partial charge on any atom is -0.493 e. The third-order valence-electron chi connectivity index (χ3n) is 5.49. The molecule has 6 nitrogen and oxygen atoms in total. The number of methoxy groups -OCH3 is 1. The highest BCUT2D eigenvalue weighted by molar-refractivity contribution is 5.77. The maximum atomic E-state index is 11.7. The van der Waals surface area contributed by atoms with Crippen molar-refractivity contribution in [1.82, 2.24) is 14.9 Å². The van der Waals surface area contributed by atoms with E-state index in [0.29, 0.717) is 6.61 Å². The third-order valence-corrected chi connectivity index (χ3v) is 5.49. The minimum atomic E-state index is 0.0434. The second kappa shape index (κ2) is 12.1. The number of fused-ring (bicyclic) bond motifs is 1. The molecular formula is C26H35N3O3. The van der Waals surface area contributed by atoms with Crippen LogP contribution in [0.15, 0.2) is 48.5 Å². The topological polar surface area (TPSA) is 65.4 Å². The van der Waals surface area contributed by atoms with Crippen LogP contribution in [0, 0.1) is 5.92 Å². The molecule has 0 saturated heterocycles. The zero-order valence-corrected chi connectivity index (χ0v) is 19.5. The second-order valence-electron chi connectivity index (χ2n) is 8.28. The number of para-hydroxylation sites is 4. The van der Waals surface area contributed by atoms with Crippen molar-refractivity contribution in [3.05, 3.63) is 54.4 Å². The molecule has 0 aliphatic heterocycles. The molecule has 0 unspecified atom stereocenters. The van der Waals surface area contributed by atoms with Gasteiger partial charge in [-0.05, 0) is 43.5 Å². The summed E-state index contributed by atoms with van der Waals surface area (Å²) in [6, 6.07) is 16.0. The number of carbonyl (C=O) groups excluding carboxylic acids is 1. The Morgan fingerprint density at radius 3 is 2.53 bits per heavy atom. The van der Waals surface area contributed by atoms with Crippen molar-refractivity contribution in [1.29, 1.82) is 0 Å². The van der Waals surface area contributed by atoms with Crippen LogP contribution in [-0.2, 0) is 17.8 Å². The molecule has 1 N–H and O–H groups in total. The monoisotopic (exact) mass is 437 g/mol. The van der Waals surface area contributed by atoms with Crippen LogP contribution in [0.5, 0.6) is 11.5 Å². The normalized spacial score (nSPS) is 11.1. The molecule has 0 aliphatic carbocycles. The van der Waals surface area contributed by atoms with Crippen molar-refractivity contribution >= 4 is 16.9 Å². The van der Waals surface area contributed by atoms with Crippen LogP contribution in [0.3, 0.4) is 0 Å². The lowest BCUT2D eigenvalue weighted by molar-refractivity contribution is -0.123. The van der Waals surface area contributed by atoms with Gasteiger partial charge in [-0.25, -0.2) is 4.98 Å². The van der Waals surface area contributed by atoms with Crippen molar-refractivity contribution < 1.29 is 14.3 Å². The SMILES string of the molecule is COc1ccccc1OCCCn1c(CCCCCNC(=O)C(C)C)nc2ccccc21. The second-order valence-corrected chi connectivity index (χ2v) is 8.28. The van der Waals surface area contributed by atoms with Crippen LogP contribution in [0.2, 0.25) is 0 Å². The molecule has 2 aromatic carbocycles. The van der Waals surface area contributed by atoms with Crippen LogP contribution in [0.4, 0.5) is 0 Å². The summed E-state index contributed by atoms with van der Waals surface area (Å²) in [5, 5.41) is 2.99. The largest absolute Gasteiger partial charge is 0.493 e. The number of hydrogen-bond donors (Lipinski definition) is 1.